The number of carbonyl (C=O) groups is 1. The maximum absolute atomic E-state index is 12.5. The molecule has 0 saturated carbocycles. The lowest BCUT2D eigenvalue weighted by Crippen LogP contribution is -2.45. The Hall–Kier alpha value is -2.22. The van der Waals surface area contributed by atoms with E-state index in [0.29, 0.717) is 12.2 Å². The zero-order valence-corrected chi connectivity index (χ0v) is 15.1. The Morgan fingerprint density at radius 3 is 2.42 bits per heavy atom. The summed E-state index contributed by atoms with van der Waals surface area (Å²) in [5.74, 6) is -0.772. The molecule has 2 aromatic rings. The lowest BCUT2D eigenvalue weighted by molar-refractivity contribution is -0.120. The first-order chi connectivity index (χ1) is 11.2. The predicted molar refractivity (Wildman–Crippen MR) is 91.0 cm³/mol. The number of sulfone groups is 1. The molecule has 7 nitrogen and oxygen atoms in total. The molecule has 0 aliphatic carbocycles. The van der Waals surface area contributed by atoms with E-state index in [-0.39, 0.29) is 5.16 Å². The Labute approximate surface area is 142 Å². The zero-order valence-electron chi connectivity index (χ0n) is 14.3. The normalized spacial score (nSPS) is 12.2. The van der Waals surface area contributed by atoms with E-state index in [9.17, 15) is 13.2 Å². The summed E-state index contributed by atoms with van der Waals surface area (Å²) in [6.45, 7) is 5.60. The summed E-state index contributed by atoms with van der Waals surface area (Å²) in [5.41, 5.74) is 0.298. The van der Waals surface area contributed by atoms with E-state index in [2.05, 4.69) is 15.5 Å². The molecule has 0 spiro atoms. The second-order valence-corrected chi connectivity index (χ2v) is 8.16. The molecule has 1 heterocycles. The van der Waals surface area contributed by atoms with Gasteiger partial charge in [-0.3, -0.25) is 4.79 Å². The van der Waals surface area contributed by atoms with Gasteiger partial charge in [-0.05, 0) is 20.3 Å². The molecule has 0 aliphatic heterocycles. The summed E-state index contributed by atoms with van der Waals surface area (Å²) in [7, 11) is -2.31. The van der Waals surface area contributed by atoms with Gasteiger partial charge in [0.15, 0.2) is 5.82 Å². The van der Waals surface area contributed by atoms with Crippen LogP contribution < -0.4 is 5.32 Å². The number of aromatic nitrogens is 3. The Bertz CT molecular complexity index is 826. The SMILES string of the molecule is CCC(C)(C)NC(=O)CS(=O)(=O)c1nnc(-c2ccccc2)n1C. The van der Waals surface area contributed by atoms with Crippen molar-refractivity contribution in [3.8, 4) is 11.4 Å². The van der Waals surface area contributed by atoms with Crippen molar-refractivity contribution in [2.75, 3.05) is 5.75 Å². The Kier molecular flexibility index (Phi) is 5.08. The van der Waals surface area contributed by atoms with Gasteiger partial charge < -0.3 is 9.88 Å². The minimum atomic E-state index is -3.88. The predicted octanol–water partition coefficient (Wildman–Crippen LogP) is 1.56. The molecule has 130 valence electrons. The standard InChI is InChI=1S/C16H22N4O3S/c1-5-16(2,3)17-13(21)11-24(22,23)15-19-18-14(20(15)4)12-9-7-6-8-10-12/h6-10H,5,11H2,1-4H3,(H,17,21). The van der Waals surface area contributed by atoms with Crippen LogP contribution in [0.2, 0.25) is 0 Å². The number of nitrogens with one attached hydrogen (secondary N) is 1. The molecular weight excluding hydrogens is 328 g/mol. The van der Waals surface area contributed by atoms with Gasteiger partial charge in [0.25, 0.3) is 0 Å². The van der Waals surface area contributed by atoms with Gasteiger partial charge in [-0.2, -0.15) is 0 Å². The smallest absolute Gasteiger partial charge is 0.250 e. The highest BCUT2D eigenvalue weighted by Gasteiger charge is 2.28. The number of rotatable bonds is 6. The highest BCUT2D eigenvalue weighted by Crippen LogP contribution is 2.19. The first-order valence-corrected chi connectivity index (χ1v) is 9.30. The van der Waals surface area contributed by atoms with Gasteiger partial charge >= 0.3 is 0 Å². The van der Waals surface area contributed by atoms with Crippen molar-refractivity contribution in [2.45, 2.75) is 37.9 Å². The molecular formula is C16H22N4O3S. The van der Waals surface area contributed by atoms with Crippen LogP contribution in [0.4, 0.5) is 0 Å². The molecule has 0 saturated heterocycles. The van der Waals surface area contributed by atoms with Gasteiger partial charge in [-0.1, -0.05) is 37.3 Å². The summed E-state index contributed by atoms with van der Waals surface area (Å²) < 4.78 is 26.4. The molecule has 0 fully saturated rings. The van der Waals surface area contributed by atoms with Crippen LogP contribution in [-0.4, -0.2) is 40.4 Å². The quantitative estimate of drug-likeness (QED) is 0.853. The number of amides is 1. The molecule has 0 bridgehead atoms. The van der Waals surface area contributed by atoms with E-state index in [4.69, 9.17) is 0 Å². The molecule has 24 heavy (non-hydrogen) atoms. The van der Waals surface area contributed by atoms with Crippen LogP contribution >= 0.6 is 0 Å². The highest BCUT2D eigenvalue weighted by atomic mass is 32.2. The van der Waals surface area contributed by atoms with Crippen LogP contribution in [0.5, 0.6) is 0 Å². The lowest BCUT2D eigenvalue weighted by Gasteiger charge is -2.24. The second kappa shape index (κ2) is 6.72. The number of hydrogen-bond acceptors (Lipinski definition) is 5. The Morgan fingerprint density at radius 2 is 1.83 bits per heavy atom. The molecule has 1 N–H and O–H groups in total. The number of nitrogens with zero attached hydrogens (tertiary/aromatic N) is 3. The third-order valence-electron chi connectivity index (χ3n) is 3.83. The lowest BCUT2D eigenvalue weighted by atomic mass is 10.0. The van der Waals surface area contributed by atoms with Gasteiger partial charge in [0.1, 0.15) is 5.75 Å². The van der Waals surface area contributed by atoms with Crippen molar-refractivity contribution in [2.24, 2.45) is 7.05 Å². The Balaban J connectivity index is 2.25. The van der Waals surface area contributed by atoms with E-state index in [1.54, 1.807) is 7.05 Å². The second-order valence-electron chi connectivity index (χ2n) is 6.28. The number of hydrogen-bond donors (Lipinski definition) is 1. The van der Waals surface area contributed by atoms with Crippen molar-refractivity contribution >= 4 is 15.7 Å². The molecule has 2 rings (SSSR count). The molecule has 0 unspecified atom stereocenters. The van der Waals surface area contributed by atoms with Crippen LogP contribution in [0.3, 0.4) is 0 Å². The fraction of sp³-hybridized carbons (Fsp3) is 0.438. The zero-order chi connectivity index (χ0) is 18.0. The van der Waals surface area contributed by atoms with Crippen LogP contribution in [0.1, 0.15) is 27.2 Å². The molecule has 1 aromatic carbocycles. The van der Waals surface area contributed by atoms with Crippen LogP contribution in [-0.2, 0) is 21.7 Å². The van der Waals surface area contributed by atoms with Crippen molar-refractivity contribution in [3.05, 3.63) is 30.3 Å². The first kappa shape index (κ1) is 18.1. The highest BCUT2D eigenvalue weighted by molar-refractivity contribution is 7.91. The first-order valence-electron chi connectivity index (χ1n) is 7.65. The Morgan fingerprint density at radius 1 is 1.21 bits per heavy atom. The summed E-state index contributed by atoms with van der Waals surface area (Å²) in [6.07, 6.45) is 0.695. The van der Waals surface area contributed by atoms with Gasteiger partial charge in [0, 0.05) is 18.2 Å². The molecule has 0 aliphatic rings. The van der Waals surface area contributed by atoms with Gasteiger partial charge in [0.2, 0.25) is 20.9 Å². The van der Waals surface area contributed by atoms with E-state index in [1.165, 1.54) is 4.57 Å². The van der Waals surface area contributed by atoms with Gasteiger partial charge in [0.05, 0.1) is 0 Å². The van der Waals surface area contributed by atoms with E-state index in [1.807, 2.05) is 51.1 Å². The summed E-state index contributed by atoms with van der Waals surface area (Å²) in [5, 5.41) is 10.2. The van der Waals surface area contributed by atoms with Crippen molar-refractivity contribution < 1.29 is 13.2 Å². The summed E-state index contributed by atoms with van der Waals surface area (Å²) >= 11 is 0. The fourth-order valence-corrected chi connectivity index (χ4v) is 3.38. The van der Waals surface area contributed by atoms with Crippen molar-refractivity contribution in [1.82, 2.24) is 20.1 Å². The van der Waals surface area contributed by atoms with Crippen molar-refractivity contribution in [3.63, 3.8) is 0 Å². The maximum Gasteiger partial charge on any atom is 0.250 e. The number of benzene rings is 1. The van der Waals surface area contributed by atoms with E-state index >= 15 is 0 Å². The topological polar surface area (TPSA) is 93.9 Å². The van der Waals surface area contributed by atoms with Gasteiger partial charge in [-0.25, -0.2) is 8.42 Å². The third-order valence-corrected chi connectivity index (χ3v) is 5.38. The largest absolute Gasteiger partial charge is 0.350 e. The minimum absolute atomic E-state index is 0.217. The summed E-state index contributed by atoms with van der Waals surface area (Å²) in [6, 6.07) is 9.15. The minimum Gasteiger partial charge on any atom is -0.350 e. The van der Waals surface area contributed by atoms with Crippen LogP contribution in [0.25, 0.3) is 11.4 Å². The molecule has 1 aromatic heterocycles. The van der Waals surface area contributed by atoms with E-state index in [0.717, 1.165) is 5.56 Å². The summed E-state index contributed by atoms with van der Waals surface area (Å²) in [4.78, 5) is 12.0. The maximum atomic E-state index is 12.5. The van der Waals surface area contributed by atoms with Gasteiger partial charge in [-0.15, -0.1) is 10.2 Å². The molecule has 0 atom stereocenters. The number of carbonyl (C=O) groups excluding carboxylic acids is 1. The third kappa shape index (κ3) is 4.00. The molecule has 1 amide bonds. The van der Waals surface area contributed by atoms with E-state index < -0.39 is 27.0 Å². The average molecular weight is 350 g/mol. The monoisotopic (exact) mass is 350 g/mol. The molecule has 0 radical (unpaired) electrons. The molecule has 8 heteroatoms. The average Bonchev–Trinajstić information content (AvgIpc) is 2.89. The van der Waals surface area contributed by atoms with Crippen molar-refractivity contribution in [1.29, 1.82) is 0 Å². The van der Waals surface area contributed by atoms with Crippen LogP contribution in [0, 0.1) is 0 Å². The van der Waals surface area contributed by atoms with Crippen LogP contribution in [0.15, 0.2) is 35.5 Å². The fourth-order valence-electron chi connectivity index (χ4n) is 2.16.